The number of aromatic nitrogens is 1. The summed E-state index contributed by atoms with van der Waals surface area (Å²) in [4.78, 5) is 15.3. The Morgan fingerprint density at radius 3 is 2.55 bits per heavy atom. The molecule has 0 amide bonds. The van der Waals surface area contributed by atoms with Gasteiger partial charge in [0.05, 0.1) is 18.7 Å². The topological polar surface area (TPSA) is 85.2 Å². The lowest BCUT2D eigenvalue weighted by molar-refractivity contribution is 0.171. The van der Waals surface area contributed by atoms with Crippen LogP contribution in [0, 0.1) is 0 Å². The second-order valence-corrected chi connectivity index (χ2v) is 9.87. The molecule has 0 spiro atoms. The zero-order valence-electron chi connectivity index (χ0n) is 22.2. The van der Waals surface area contributed by atoms with Crippen LogP contribution in [-0.4, -0.2) is 60.6 Å². The van der Waals surface area contributed by atoms with E-state index in [0.717, 1.165) is 67.0 Å². The molecule has 2 aliphatic heterocycles. The van der Waals surface area contributed by atoms with Crippen LogP contribution in [0.2, 0.25) is 0 Å². The van der Waals surface area contributed by atoms with Crippen molar-refractivity contribution in [2.75, 3.05) is 40.0 Å². The van der Waals surface area contributed by atoms with Crippen LogP contribution in [0.15, 0.2) is 47.3 Å². The fourth-order valence-electron chi connectivity index (χ4n) is 5.31. The third-order valence-corrected chi connectivity index (χ3v) is 7.52. The average molecular weight is 544 g/mol. The third-order valence-electron chi connectivity index (χ3n) is 7.52. The van der Waals surface area contributed by atoms with E-state index < -0.39 is 6.10 Å². The minimum atomic E-state index is -0.600. The van der Waals surface area contributed by atoms with Crippen LogP contribution in [0.3, 0.4) is 0 Å². The minimum Gasteiger partial charge on any atom is -0.497 e. The summed E-state index contributed by atoms with van der Waals surface area (Å²) in [5.41, 5.74) is 2.78. The van der Waals surface area contributed by atoms with Crippen molar-refractivity contribution in [2.24, 2.45) is 0 Å². The number of rotatable bonds is 9. The van der Waals surface area contributed by atoms with E-state index in [-0.39, 0.29) is 18.0 Å². The minimum absolute atomic E-state index is 0. The smallest absolute Gasteiger partial charge is 0.251 e. The largest absolute Gasteiger partial charge is 0.497 e. The van der Waals surface area contributed by atoms with Gasteiger partial charge in [0.1, 0.15) is 19.0 Å². The van der Waals surface area contributed by atoms with Crippen LogP contribution < -0.4 is 25.1 Å². The van der Waals surface area contributed by atoms with Gasteiger partial charge >= 0.3 is 0 Å². The number of nitrogens with zero attached hydrogens (tertiary/aromatic N) is 2. The number of piperidine rings is 1. The van der Waals surface area contributed by atoms with Gasteiger partial charge in [-0.25, -0.2) is 0 Å². The van der Waals surface area contributed by atoms with E-state index in [1.807, 2.05) is 35.8 Å². The monoisotopic (exact) mass is 543 g/mol. The molecule has 1 aromatic heterocycles. The van der Waals surface area contributed by atoms with Crippen LogP contribution in [0.25, 0.3) is 10.9 Å². The Bertz CT molecular complexity index is 1290. The quantitative estimate of drug-likeness (QED) is 0.423. The van der Waals surface area contributed by atoms with Gasteiger partial charge in [0, 0.05) is 43.2 Å². The van der Waals surface area contributed by atoms with E-state index >= 15 is 0 Å². The summed E-state index contributed by atoms with van der Waals surface area (Å²) in [5.74, 6) is 2.31. The molecule has 8 nitrogen and oxygen atoms in total. The Morgan fingerprint density at radius 2 is 1.82 bits per heavy atom. The Morgan fingerprint density at radius 1 is 1.05 bits per heavy atom. The molecule has 0 radical (unpaired) electrons. The number of ether oxygens (including phenoxy) is 3. The molecule has 206 valence electrons. The number of nitrogens with one attached hydrogen (secondary N) is 1. The van der Waals surface area contributed by atoms with Gasteiger partial charge in [-0.05, 0) is 67.7 Å². The first-order valence-corrected chi connectivity index (χ1v) is 13.3. The number of likely N-dealkylation sites (tertiary alicyclic amines) is 1. The lowest BCUT2D eigenvalue weighted by Crippen LogP contribution is -2.43. The summed E-state index contributed by atoms with van der Waals surface area (Å²) in [7, 11) is 1.61. The molecule has 9 heteroatoms. The van der Waals surface area contributed by atoms with Crippen LogP contribution in [-0.2, 0) is 13.1 Å². The maximum Gasteiger partial charge on any atom is 0.251 e. The van der Waals surface area contributed by atoms with Gasteiger partial charge in [-0.3, -0.25) is 4.79 Å². The highest BCUT2D eigenvalue weighted by molar-refractivity contribution is 5.85. The van der Waals surface area contributed by atoms with E-state index in [9.17, 15) is 9.90 Å². The molecular formula is C29H38ClN3O5. The van der Waals surface area contributed by atoms with Crippen molar-refractivity contribution in [1.29, 1.82) is 0 Å². The SMILES string of the molecule is CCC(O)c1cc(OC)cc2c1ccc(=O)n2CCN1CCC(NCc2ccc3c(c2)OCCO3)CC1.Cl. The summed E-state index contributed by atoms with van der Waals surface area (Å²) >= 11 is 0. The number of pyridine rings is 1. The number of aliphatic hydroxyl groups excluding tert-OH is 1. The maximum atomic E-state index is 12.8. The predicted octanol–water partition coefficient (Wildman–Crippen LogP) is 3.90. The number of hydrogen-bond donors (Lipinski definition) is 2. The Hall–Kier alpha value is -2.78. The lowest BCUT2D eigenvalue weighted by atomic mass is 10.0. The summed E-state index contributed by atoms with van der Waals surface area (Å²) < 4.78 is 18.6. The number of aliphatic hydroxyl groups is 1. The highest BCUT2D eigenvalue weighted by Gasteiger charge is 2.20. The predicted molar refractivity (Wildman–Crippen MR) is 151 cm³/mol. The van der Waals surface area contributed by atoms with E-state index in [4.69, 9.17) is 14.2 Å². The molecule has 2 N–H and O–H groups in total. The molecule has 3 aromatic rings. The van der Waals surface area contributed by atoms with E-state index in [0.29, 0.717) is 38.0 Å². The summed E-state index contributed by atoms with van der Waals surface area (Å²) in [6, 6.07) is 13.8. The van der Waals surface area contributed by atoms with Gasteiger partial charge in [0.15, 0.2) is 11.5 Å². The molecule has 0 aliphatic carbocycles. The van der Waals surface area contributed by atoms with Gasteiger partial charge < -0.3 is 34.1 Å². The number of halogens is 1. The molecule has 1 saturated heterocycles. The number of methoxy groups -OCH3 is 1. The molecule has 3 heterocycles. The fourth-order valence-corrected chi connectivity index (χ4v) is 5.31. The highest BCUT2D eigenvalue weighted by atomic mass is 35.5. The van der Waals surface area contributed by atoms with Crippen LogP contribution >= 0.6 is 12.4 Å². The van der Waals surface area contributed by atoms with Gasteiger partial charge in [0.25, 0.3) is 5.56 Å². The van der Waals surface area contributed by atoms with Crippen LogP contribution in [0.4, 0.5) is 0 Å². The molecule has 1 fully saturated rings. The van der Waals surface area contributed by atoms with Crippen molar-refractivity contribution in [3.8, 4) is 17.2 Å². The number of fused-ring (bicyclic) bond motifs is 2. The Balaban J connectivity index is 0.00000336. The highest BCUT2D eigenvalue weighted by Crippen LogP contribution is 2.31. The normalized spacial score (nSPS) is 16.7. The first-order valence-electron chi connectivity index (χ1n) is 13.3. The van der Waals surface area contributed by atoms with E-state index in [2.05, 4.69) is 22.3 Å². The fraction of sp³-hybridized carbons (Fsp3) is 0.483. The van der Waals surface area contributed by atoms with Gasteiger partial charge in [-0.1, -0.05) is 13.0 Å². The molecule has 0 bridgehead atoms. The number of hydrogen-bond acceptors (Lipinski definition) is 7. The van der Waals surface area contributed by atoms with Crippen LogP contribution in [0.1, 0.15) is 43.4 Å². The zero-order chi connectivity index (χ0) is 25.8. The molecule has 38 heavy (non-hydrogen) atoms. The average Bonchev–Trinajstić information content (AvgIpc) is 2.94. The second kappa shape index (κ2) is 12.8. The summed E-state index contributed by atoms with van der Waals surface area (Å²) in [6.45, 7) is 7.33. The number of benzene rings is 2. The van der Waals surface area contributed by atoms with Gasteiger partial charge in [-0.2, -0.15) is 0 Å². The van der Waals surface area contributed by atoms with Crippen molar-refractivity contribution in [3.63, 3.8) is 0 Å². The van der Waals surface area contributed by atoms with E-state index in [1.165, 1.54) is 5.56 Å². The van der Waals surface area contributed by atoms with Crippen molar-refractivity contribution in [1.82, 2.24) is 14.8 Å². The first-order chi connectivity index (χ1) is 18.1. The Kier molecular flexibility index (Phi) is 9.54. The summed E-state index contributed by atoms with van der Waals surface area (Å²) in [5, 5.41) is 15.2. The standard InChI is InChI=1S/C29H37N3O5.ClH/c1-3-26(33)24-17-22(35-2)18-25-23(24)5-7-29(34)32(25)13-12-31-10-8-21(9-11-31)30-19-20-4-6-27-28(16-20)37-15-14-36-27;/h4-7,16-18,21,26,30,33H,3,8-15,19H2,1-2H3;1H. The van der Waals surface area contributed by atoms with Crippen LogP contribution in [0.5, 0.6) is 17.2 Å². The Labute approximate surface area is 229 Å². The van der Waals surface area contributed by atoms with Crippen molar-refractivity contribution < 1.29 is 19.3 Å². The summed E-state index contributed by atoms with van der Waals surface area (Å²) in [6.07, 6.45) is 2.13. The lowest BCUT2D eigenvalue weighted by Gasteiger charge is -2.32. The van der Waals surface area contributed by atoms with Gasteiger partial charge in [0.2, 0.25) is 0 Å². The van der Waals surface area contributed by atoms with Crippen molar-refractivity contribution >= 4 is 23.3 Å². The third kappa shape index (κ3) is 6.26. The van der Waals surface area contributed by atoms with Gasteiger partial charge in [-0.15, -0.1) is 12.4 Å². The van der Waals surface area contributed by atoms with E-state index in [1.54, 1.807) is 13.2 Å². The maximum absolute atomic E-state index is 12.8. The first kappa shape index (κ1) is 28.2. The second-order valence-electron chi connectivity index (χ2n) is 9.87. The van der Waals surface area contributed by atoms with Crippen molar-refractivity contribution in [2.45, 2.75) is 51.4 Å². The molecule has 2 aromatic carbocycles. The zero-order valence-corrected chi connectivity index (χ0v) is 23.0. The molecule has 5 rings (SSSR count). The molecule has 1 atom stereocenters. The molecule has 1 unspecified atom stereocenters. The van der Waals surface area contributed by atoms with Crippen molar-refractivity contribution in [3.05, 3.63) is 63.9 Å². The molecule has 0 saturated carbocycles. The molecular weight excluding hydrogens is 506 g/mol. The molecule has 2 aliphatic rings.